The van der Waals surface area contributed by atoms with Crippen molar-refractivity contribution in [2.24, 2.45) is 0 Å². The van der Waals surface area contributed by atoms with E-state index in [0.29, 0.717) is 0 Å². The van der Waals surface area contributed by atoms with Crippen molar-refractivity contribution in [1.29, 1.82) is 0 Å². The maximum absolute atomic E-state index is 6.14. The number of rotatable bonds is 8. The van der Waals surface area contributed by atoms with E-state index in [4.69, 9.17) is 8.85 Å². The van der Waals surface area contributed by atoms with Gasteiger partial charge in [-0.1, -0.05) is 38.3 Å². The van der Waals surface area contributed by atoms with Crippen molar-refractivity contribution < 1.29 is 8.85 Å². The molecule has 0 spiro atoms. The van der Waals surface area contributed by atoms with Crippen LogP contribution in [-0.2, 0) is 4.43 Å². The lowest BCUT2D eigenvalue weighted by molar-refractivity contribution is 0.240. The Morgan fingerprint density at radius 1 is 1.05 bits per heavy atom. The Labute approximate surface area is 119 Å². The van der Waals surface area contributed by atoms with Gasteiger partial charge < -0.3 is 8.85 Å². The van der Waals surface area contributed by atoms with Crippen molar-refractivity contribution in [3.05, 3.63) is 29.3 Å². The van der Waals surface area contributed by atoms with Crippen LogP contribution in [0.2, 0.25) is 13.1 Å². The lowest BCUT2D eigenvalue weighted by Gasteiger charge is -2.25. The highest BCUT2D eigenvalue weighted by Gasteiger charge is 2.27. The zero-order valence-corrected chi connectivity index (χ0v) is 14.1. The maximum atomic E-state index is 6.14. The molecule has 0 saturated carbocycles. The SMILES string of the molecule is CCCCCCO[Si](C)(C)Oc1cccc(C)c1C. The average Bonchev–Trinajstić information content (AvgIpc) is 2.34. The summed E-state index contributed by atoms with van der Waals surface area (Å²) in [6.45, 7) is 11.5. The first-order chi connectivity index (χ1) is 8.96. The van der Waals surface area contributed by atoms with Crippen LogP contribution in [-0.4, -0.2) is 15.2 Å². The van der Waals surface area contributed by atoms with E-state index in [2.05, 4.69) is 39.9 Å². The summed E-state index contributed by atoms with van der Waals surface area (Å²) in [4.78, 5) is 0. The fourth-order valence-corrected chi connectivity index (χ4v) is 3.42. The Morgan fingerprint density at radius 2 is 1.79 bits per heavy atom. The van der Waals surface area contributed by atoms with Crippen molar-refractivity contribution in [1.82, 2.24) is 0 Å². The third kappa shape index (κ3) is 5.79. The largest absolute Gasteiger partial charge is 0.520 e. The summed E-state index contributed by atoms with van der Waals surface area (Å²) in [5, 5.41) is 0. The third-order valence-electron chi connectivity index (χ3n) is 3.36. The van der Waals surface area contributed by atoms with Crippen LogP contribution in [0.3, 0.4) is 0 Å². The van der Waals surface area contributed by atoms with Crippen molar-refractivity contribution in [3.63, 3.8) is 0 Å². The number of hydrogen-bond acceptors (Lipinski definition) is 2. The molecule has 0 aliphatic rings. The molecule has 3 heteroatoms. The first-order valence-corrected chi connectivity index (χ1v) is 10.2. The molecule has 0 heterocycles. The number of benzene rings is 1. The summed E-state index contributed by atoms with van der Waals surface area (Å²) in [7, 11) is -2.06. The van der Waals surface area contributed by atoms with Gasteiger partial charge in [-0.05, 0) is 50.6 Å². The Bertz CT molecular complexity index is 388. The molecule has 2 nitrogen and oxygen atoms in total. The molecule has 0 atom stereocenters. The highest BCUT2D eigenvalue weighted by atomic mass is 28.4. The molecule has 0 saturated heterocycles. The monoisotopic (exact) mass is 280 g/mol. The minimum absolute atomic E-state index is 0.823. The number of unbranched alkanes of at least 4 members (excludes halogenated alkanes) is 3. The van der Waals surface area contributed by atoms with Crippen LogP contribution in [0.15, 0.2) is 18.2 Å². The number of aryl methyl sites for hydroxylation is 1. The molecular weight excluding hydrogens is 252 g/mol. The Kier molecular flexibility index (Phi) is 6.59. The van der Waals surface area contributed by atoms with Crippen LogP contribution >= 0.6 is 0 Å². The molecular formula is C16H28O2Si. The van der Waals surface area contributed by atoms with Crippen LogP contribution in [0.5, 0.6) is 5.75 Å². The molecule has 0 bridgehead atoms. The Balaban J connectivity index is 2.47. The second-order valence-electron chi connectivity index (χ2n) is 5.61. The molecule has 0 N–H and O–H groups in total. The summed E-state index contributed by atoms with van der Waals surface area (Å²) in [6, 6.07) is 6.20. The molecule has 0 aromatic heterocycles. The molecule has 0 radical (unpaired) electrons. The zero-order chi connectivity index (χ0) is 14.3. The predicted octanol–water partition coefficient (Wildman–Crippen LogP) is 4.98. The van der Waals surface area contributed by atoms with Gasteiger partial charge in [0.2, 0.25) is 0 Å². The second-order valence-corrected chi connectivity index (χ2v) is 8.90. The van der Waals surface area contributed by atoms with Gasteiger partial charge in [-0.25, -0.2) is 0 Å². The van der Waals surface area contributed by atoms with Crippen molar-refractivity contribution >= 4 is 8.56 Å². The van der Waals surface area contributed by atoms with Crippen molar-refractivity contribution in [2.45, 2.75) is 59.5 Å². The molecule has 0 aliphatic carbocycles. The minimum Gasteiger partial charge on any atom is -0.520 e. The van der Waals surface area contributed by atoms with Gasteiger partial charge in [0.25, 0.3) is 0 Å². The van der Waals surface area contributed by atoms with Gasteiger partial charge in [0.1, 0.15) is 5.75 Å². The second kappa shape index (κ2) is 7.71. The highest BCUT2D eigenvalue weighted by Crippen LogP contribution is 2.24. The molecule has 108 valence electrons. The third-order valence-corrected chi connectivity index (χ3v) is 4.97. The van der Waals surface area contributed by atoms with Crippen LogP contribution in [0.1, 0.15) is 43.7 Å². The van der Waals surface area contributed by atoms with Gasteiger partial charge in [0.05, 0.1) is 0 Å². The fourth-order valence-electron chi connectivity index (χ4n) is 1.98. The quantitative estimate of drug-likeness (QED) is 0.494. The summed E-state index contributed by atoms with van der Waals surface area (Å²) >= 11 is 0. The van der Waals surface area contributed by atoms with E-state index >= 15 is 0 Å². The topological polar surface area (TPSA) is 18.5 Å². The van der Waals surface area contributed by atoms with E-state index in [1.54, 1.807) is 0 Å². The van der Waals surface area contributed by atoms with Crippen LogP contribution in [0.25, 0.3) is 0 Å². The minimum atomic E-state index is -2.06. The summed E-state index contributed by atoms with van der Waals surface area (Å²) in [6.07, 6.45) is 4.95. The van der Waals surface area contributed by atoms with E-state index in [1.165, 1.54) is 30.4 Å². The van der Waals surface area contributed by atoms with E-state index in [1.807, 2.05) is 12.1 Å². The van der Waals surface area contributed by atoms with Gasteiger partial charge in [0, 0.05) is 6.61 Å². The molecule has 0 amide bonds. The summed E-state index contributed by atoms with van der Waals surface area (Å²) in [5.41, 5.74) is 2.49. The Morgan fingerprint density at radius 3 is 2.47 bits per heavy atom. The molecule has 1 aromatic rings. The smallest absolute Gasteiger partial charge is 0.392 e. The predicted molar refractivity (Wildman–Crippen MR) is 84.1 cm³/mol. The maximum Gasteiger partial charge on any atom is 0.392 e. The normalized spacial score (nSPS) is 11.6. The van der Waals surface area contributed by atoms with Crippen LogP contribution < -0.4 is 4.43 Å². The summed E-state index contributed by atoms with van der Waals surface area (Å²) < 4.78 is 12.1. The zero-order valence-electron chi connectivity index (χ0n) is 13.1. The van der Waals surface area contributed by atoms with E-state index in [0.717, 1.165) is 18.8 Å². The standard InChI is InChI=1S/C16H28O2Si/c1-6-7-8-9-13-17-19(4,5)18-16-12-10-11-14(2)15(16)3/h10-12H,6-9,13H2,1-5H3. The van der Waals surface area contributed by atoms with Crippen LogP contribution in [0.4, 0.5) is 0 Å². The average molecular weight is 280 g/mol. The van der Waals surface area contributed by atoms with Crippen LogP contribution in [0, 0.1) is 13.8 Å². The van der Waals surface area contributed by atoms with Gasteiger partial charge in [-0.2, -0.15) is 0 Å². The van der Waals surface area contributed by atoms with E-state index < -0.39 is 8.56 Å². The highest BCUT2D eigenvalue weighted by molar-refractivity contribution is 6.65. The summed E-state index contributed by atoms with van der Waals surface area (Å²) in [5.74, 6) is 0.977. The molecule has 0 fully saturated rings. The van der Waals surface area contributed by atoms with E-state index in [9.17, 15) is 0 Å². The molecule has 0 aliphatic heterocycles. The van der Waals surface area contributed by atoms with Crippen molar-refractivity contribution in [2.75, 3.05) is 6.61 Å². The first kappa shape index (κ1) is 16.3. The van der Waals surface area contributed by atoms with Gasteiger partial charge in [-0.3, -0.25) is 0 Å². The molecule has 19 heavy (non-hydrogen) atoms. The molecule has 1 rings (SSSR count). The molecule has 0 unspecified atom stereocenters. The van der Waals surface area contributed by atoms with Gasteiger partial charge in [-0.15, -0.1) is 0 Å². The number of hydrogen-bond donors (Lipinski definition) is 0. The lowest BCUT2D eigenvalue weighted by atomic mass is 10.1. The van der Waals surface area contributed by atoms with Gasteiger partial charge in [0.15, 0.2) is 0 Å². The first-order valence-electron chi connectivity index (χ1n) is 7.35. The van der Waals surface area contributed by atoms with Crippen molar-refractivity contribution in [3.8, 4) is 5.75 Å². The van der Waals surface area contributed by atoms with E-state index in [-0.39, 0.29) is 0 Å². The fraction of sp³-hybridized carbons (Fsp3) is 0.625. The Hall–Kier alpha value is -0.803. The lowest BCUT2D eigenvalue weighted by Crippen LogP contribution is -2.39. The van der Waals surface area contributed by atoms with Gasteiger partial charge >= 0.3 is 8.56 Å². The molecule has 1 aromatic carbocycles.